The molecule has 3 aromatic rings. The molecule has 0 bridgehead atoms. The molecule has 0 fully saturated rings. The number of hydrogen-bond acceptors (Lipinski definition) is 6. The van der Waals surface area contributed by atoms with Crippen LogP contribution in [0.1, 0.15) is 22.2 Å². The molecule has 0 radical (unpaired) electrons. The van der Waals surface area contributed by atoms with Crippen molar-refractivity contribution < 1.29 is 14.6 Å². The third kappa shape index (κ3) is 2.68. The molecule has 0 saturated carbocycles. The summed E-state index contributed by atoms with van der Waals surface area (Å²) in [6.45, 7) is 2.07. The monoisotopic (exact) mass is 301 g/mol. The second kappa shape index (κ2) is 5.45. The topological polar surface area (TPSA) is 85.2 Å². The predicted octanol–water partition coefficient (Wildman–Crippen LogP) is 3.14. The summed E-state index contributed by atoms with van der Waals surface area (Å²) in [4.78, 5) is 25.2. The second-order valence-electron chi connectivity index (χ2n) is 4.28. The van der Waals surface area contributed by atoms with Gasteiger partial charge in [-0.3, -0.25) is 4.98 Å². The van der Waals surface area contributed by atoms with Crippen molar-refractivity contribution in [2.45, 2.75) is 13.3 Å². The molecule has 106 valence electrons. The van der Waals surface area contributed by atoms with E-state index in [2.05, 4.69) is 21.9 Å². The molecule has 0 spiro atoms. The minimum absolute atomic E-state index is 0.0670. The molecular formula is C14H11N3O3S. The van der Waals surface area contributed by atoms with Crippen molar-refractivity contribution in [1.82, 2.24) is 15.0 Å². The number of aromatic nitrogens is 3. The highest BCUT2D eigenvalue weighted by Gasteiger charge is 2.11. The summed E-state index contributed by atoms with van der Waals surface area (Å²) in [6, 6.07) is 3.40. The maximum atomic E-state index is 10.9. The fourth-order valence-corrected chi connectivity index (χ4v) is 2.77. The summed E-state index contributed by atoms with van der Waals surface area (Å²) in [7, 11) is 0. The van der Waals surface area contributed by atoms with Crippen LogP contribution in [0.4, 0.5) is 0 Å². The fraction of sp³-hybridized carbons (Fsp3) is 0.143. The Labute approximate surface area is 124 Å². The van der Waals surface area contributed by atoms with Gasteiger partial charge in [0, 0.05) is 11.1 Å². The van der Waals surface area contributed by atoms with Crippen molar-refractivity contribution in [3.05, 3.63) is 41.3 Å². The van der Waals surface area contributed by atoms with Crippen molar-refractivity contribution >= 4 is 27.5 Å². The highest BCUT2D eigenvalue weighted by molar-refractivity contribution is 7.18. The van der Waals surface area contributed by atoms with E-state index in [1.807, 2.05) is 6.07 Å². The van der Waals surface area contributed by atoms with Crippen LogP contribution in [-0.2, 0) is 6.42 Å². The average molecular weight is 301 g/mol. The lowest BCUT2D eigenvalue weighted by molar-refractivity contribution is 0.0696. The van der Waals surface area contributed by atoms with Gasteiger partial charge in [-0.15, -0.1) is 11.3 Å². The standard InChI is InChI=1S/C14H11N3O3S/c1-2-10-4-11-12(16-7-17-13(11)21-10)20-9-3-8(14(18)19)5-15-6-9/h3-7H,2H2,1H3,(H,18,19). The Bertz CT molecular complexity index is 816. The SMILES string of the molecule is CCc1cc2c(Oc3cncc(C(=O)O)c3)ncnc2s1. The largest absolute Gasteiger partial charge is 0.478 e. The number of pyridine rings is 1. The van der Waals surface area contributed by atoms with Gasteiger partial charge in [-0.1, -0.05) is 6.92 Å². The summed E-state index contributed by atoms with van der Waals surface area (Å²) in [5.74, 6) is -0.316. The van der Waals surface area contributed by atoms with E-state index >= 15 is 0 Å². The van der Waals surface area contributed by atoms with Gasteiger partial charge in [0.2, 0.25) is 5.88 Å². The number of carboxylic acids is 1. The van der Waals surface area contributed by atoms with E-state index in [1.54, 1.807) is 11.3 Å². The van der Waals surface area contributed by atoms with E-state index in [0.29, 0.717) is 11.6 Å². The van der Waals surface area contributed by atoms with Gasteiger partial charge in [-0.2, -0.15) is 0 Å². The molecule has 0 aromatic carbocycles. The van der Waals surface area contributed by atoms with Crippen LogP contribution in [0.3, 0.4) is 0 Å². The lowest BCUT2D eigenvalue weighted by Crippen LogP contribution is -1.98. The third-order valence-corrected chi connectivity index (χ3v) is 4.05. The molecule has 0 aliphatic heterocycles. The van der Waals surface area contributed by atoms with E-state index < -0.39 is 5.97 Å². The maximum Gasteiger partial charge on any atom is 0.337 e. The van der Waals surface area contributed by atoms with Gasteiger partial charge in [0.15, 0.2) is 0 Å². The van der Waals surface area contributed by atoms with Gasteiger partial charge in [0.1, 0.15) is 16.9 Å². The smallest absolute Gasteiger partial charge is 0.337 e. The first kappa shape index (κ1) is 13.4. The van der Waals surface area contributed by atoms with Crippen molar-refractivity contribution in [2.75, 3.05) is 0 Å². The maximum absolute atomic E-state index is 10.9. The van der Waals surface area contributed by atoms with Gasteiger partial charge in [0.25, 0.3) is 0 Å². The van der Waals surface area contributed by atoms with Crippen LogP contribution < -0.4 is 4.74 Å². The number of hydrogen-bond donors (Lipinski definition) is 1. The van der Waals surface area contributed by atoms with E-state index in [0.717, 1.165) is 16.6 Å². The quantitative estimate of drug-likeness (QED) is 0.796. The summed E-state index contributed by atoms with van der Waals surface area (Å²) in [5.41, 5.74) is 0.0670. The van der Waals surface area contributed by atoms with Gasteiger partial charge in [0.05, 0.1) is 17.1 Å². The van der Waals surface area contributed by atoms with Crippen LogP contribution in [0, 0.1) is 0 Å². The first-order valence-corrected chi connectivity index (χ1v) is 7.08. The van der Waals surface area contributed by atoms with Crippen LogP contribution in [0.5, 0.6) is 11.6 Å². The molecule has 0 saturated heterocycles. The van der Waals surface area contributed by atoms with E-state index in [1.165, 1.54) is 29.7 Å². The third-order valence-electron chi connectivity index (χ3n) is 2.87. The Hall–Kier alpha value is -2.54. The fourth-order valence-electron chi connectivity index (χ4n) is 1.84. The van der Waals surface area contributed by atoms with Crippen LogP contribution in [0.25, 0.3) is 10.2 Å². The number of carbonyl (C=O) groups is 1. The minimum atomic E-state index is -1.05. The molecule has 7 heteroatoms. The Kier molecular flexibility index (Phi) is 3.49. The number of aryl methyl sites for hydroxylation is 1. The molecule has 0 aliphatic carbocycles. The minimum Gasteiger partial charge on any atom is -0.478 e. The summed E-state index contributed by atoms with van der Waals surface area (Å²) in [5, 5.41) is 9.78. The molecule has 3 rings (SSSR count). The molecular weight excluding hydrogens is 290 g/mol. The number of thiophene rings is 1. The number of carboxylic acid groups (broad SMARTS) is 1. The van der Waals surface area contributed by atoms with Gasteiger partial charge < -0.3 is 9.84 Å². The normalized spacial score (nSPS) is 10.7. The number of fused-ring (bicyclic) bond motifs is 1. The van der Waals surface area contributed by atoms with Crippen LogP contribution in [-0.4, -0.2) is 26.0 Å². The Morgan fingerprint density at radius 3 is 2.95 bits per heavy atom. The van der Waals surface area contributed by atoms with Gasteiger partial charge >= 0.3 is 5.97 Å². The Balaban J connectivity index is 1.99. The number of nitrogens with zero attached hydrogens (tertiary/aromatic N) is 3. The van der Waals surface area contributed by atoms with Crippen molar-refractivity contribution in [3.63, 3.8) is 0 Å². The number of rotatable bonds is 4. The highest BCUT2D eigenvalue weighted by Crippen LogP contribution is 2.32. The predicted molar refractivity (Wildman–Crippen MR) is 78.1 cm³/mol. The van der Waals surface area contributed by atoms with E-state index in [-0.39, 0.29) is 5.56 Å². The molecule has 3 aromatic heterocycles. The zero-order valence-electron chi connectivity index (χ0n) is 11.1. The lowest BCUT2D eigenvalue weighted by Gasteiger charge is -2.05. The molecule has 0 unspecified atom stereocenters. The van der Waals surface area contributed by atoms with Crippen LogP contribution >= 0.6 is 11.3 Å². The summed E-state index contributed by atoms with van der Waals surface area (Å²) in [6.07, 6.45) is 5.07. The summed E-state index contributed by atoms with van der Waals surface area (Å²) >= 11 is 1.59. The first-order chi connectivity index (χ1) is 10.2. The van der Waals surface area contributed by atoms with Crippen molar-refractivity contribution in [1.29, 1.82) is 0 Å². The first-order valence-electron chi connectivity index (χ1n) is 6.27. The molecule has 3 heterocycles. The highest BCUT2D eigenvalue weighted by atomic mass is 32.1. The number of aromatic carboxylic acids is 1. The van der Waals surface area contributed by atoms with E-state index in [9.17, 15) is 4.79 Å². The second-order valence-corrected chi connectivity index (χ2v) is 5.40. The van der Waals surface area contributed by atoms with Crippen LogP contribution in [0.2, 0.25) is 0 Å². The van der Waals surface area contributed by atoms with Crippen LogP contribution in [0.15, 0.2) is 30.9 Å². The molecule has 0 aliphatic rings. The molecule has 21 heavy (non-hydrogen) atoms. The average Bonchev–Trinajstić information content (AvgIpc) is 2.92. The van der Waals surface area contributed by atoms with Gasteiger partial charge in [-0.25, -0.2) is 14.8 Å². The van der Waals surface area contributed by atoms with Crippen molar-refractivity contribution in [2.24, 2.45) is 0 Å². The molecule has 1 N–H and O–H groups in total. The number of ether oxygens (including phenoxy) is 1. The molecule has 0 amide bonds. The van der Waals surface area contributed by atoms with Gasteiger partial charge in [-0.05, 0) is 18.6 Å². The zero-order chi connectivity index (χ0) is 14.8. The molecule has 6 nitrogen and oxygen atoms in total. The van der Waals surface area contributed by atoms with E-state index in [4.69, 9.17) is 9.84 Å². The Morgan fingerprint density at radius 1 is 1.33 bits per heavy atom. The summed E-state index contributed by atoms with van der Waals surface area (Å²) < 4.78 is 5.67. The molecule has 0 atom stereocenters. The zero-order valence-corrected chi connectivity index (χ0v) is 11.9. The lowest BCUT2D eigenvalue weighted by atomic mass is 10.3. The Morgan fingerprint density at radius 2 is 2.19 bits per heavy atom. The van der Waals surface area contributed by atoms with Crippen molar-refractivity contribution in [3.8, 4) is 11.6 Å².